The van der Waals surface area contributed by atoms with Crippen molar-refractivity contribution in [1.82, 2.24) is 0 Å². The number of carbonyl (C=O) groups is 2. The van der Waals surface area contributed by atoms with E-state index in [4.69, 9.17) is 15.6 Å². The molecule has 14 heavy (non-hydrogen) atoms. The van der Waals surface area contributed by atoms with E-state index in [9.17, 15) is 9.59 Å². The van der Waals surface area contributed by atoms with Crippen LogP contribution in [0.25, 0.3) is 0 Å². The standard InChI is InChI=1S/C9H17NO4/c1-6(2)5-14-8(11)4-3-7(10)9(12)13/h6-7H,3-5,10H2,1-2H3,(H,12,13). The van der Waals surface area contributed by atoms with Crippen LogP contribution in [0.15, 0.2) is 0 Å². The van der Waals surface area contributed by atoms with Gasteiger partial charge < -0.3 is 15.6 Å². The molecule has 0 rings (SSSR count). The second-order valence-electron chi connectivity index (χ2n) is 3.56. The Bertz CT molecular complexity index is 203. The monoisotopic (exact) mass is 203 g/mol. The molecule has 82 valence electrons. The lowest BCUT2D eigenvalue weighted by Gasteiger charge is -2.08. The lowest BCUT2D eigenvalue weighted by molar-refractivity contribution is -0.145. The van der Waals surface area contributed by atoms with E-state index in [1.807, 2.05) is 13.8 Å². The van der Waals surface area contributed by atoms with Crippen LogP contribution in [-0.2, 0) is 14.3 Å². The summed E-state index contributed by atoms with van der Waals surface area (Å²) in [5, 5.41) is 8.44. The van der Waals surface area contributed by atoms with Gasteiger partial charge in [-0.05, 0) is 12.3 Å². The zero-order chi connectivity index (χ0) is 11.1. The van der Waals surface area contributed by atoms with Crippen LogP contribution >= 0.6 is 0 Å². The number of nitrogens with two attached hydrogens (primary N) is 1. The van der Waals surface area contributed by atoms with Crippen LogP contribution in [0.2, 0.25) is 0 Å². The summed E-state index contributed by atoms with van der Waals surface area (Å²) in [6.07, 6.45) is 0.173. The molecule has 1 unspecified atom stereocenters. The summed E-state index contributed by atoms with van der Waals surface area (Å²) in [6.45, 7) is 4.22. The summed E-state index contributed by atoms with van der Waals surface area (Å²) in [6, 6.07) is -0.985. The van der Waals surface area contributed by atoms with Crippen molar-refractivity contribution in [2.45, 2.75) is 32.7 Å². The number of rotatable bonds is 6. The van der Waals surface area contributed by atoms with Gasteiger partial charge in [0.15, 0.2) is 0 Å². The zero-order valence-corrected chi connectivity index (χ0v) is 8.53. The number of esters is 1. The molecule has 0 spiro atoms. The molecule has 0 aromatic heterocycles. The fourth-order valence-corrected chi connectivity index (χ4v) is 0.729. The fraction of sp³-hybridized carbons (Fsp3) is 0.778. The minimum atomic E-state index is -1.10. The molecule has 0 saturated heterocycles. The molecule has 0 aliphatic carbocycles. The molecule has 0 bridgehead atoms. The highest BCUT2D eigenvalue weighted by molar-refractivity contribution is 5.75. The van der Waals surface area contributed by atoms with Gasteiger partial charge in [0, 0.05) is 6.42 Å². The van der Waals surface area contributed by atoms with Gasteiger partial charge in [-0.15, -0.1) is 0 Å². The van der Waals surface area contributed by atoms with Gasteiger partial charge in [0.05, 0.1) is 6.61 Å². The van der Waals surface area contributed by atoms with Crippen molar-refractivity contribution in [1.29, 1.82) is 0 Å². The molecule has 5 heteroatoms. The van der Waals surface area contributed by atoms with E-state index < -0.39 is 18.0 Å². The third-order valence-electron chi connectivity index (χ3n) is 1.55. The summed E-state index contributed by atoms with van der Waals surface area (Å²) >= 11 is 0. The van der Waals surface area contributed by atoms with Crippen LogP contribution in [0, 0.1) is 5.92 Å². The van der Waals surface area contributed by atoms with Crippen molar-refractivity contribution in [2.75, 3.05) is 6.61 Å². The van der Waals surface area contributed by atoms with Gasteiger partial charge in [-0.3, -0.25) is 9.59 Å². The van der Waals surface area contributed by atoms with E-state index in [-0.39, 0.29) is 18.8 Å². The summed E-state index contributed by atoms with van der Waals surface area (Å²) < 4.78 is 4.85. The molecule has 0 radical (unpaired) electrons. The van der Waals surface area contributed by atoms with E-state index in [1.165, 1.54) is 0 Å². The first-order chi connectivity index (χ1) is 6.43. The highest BCUT2D eigenvalue weighted by Crippen LogP contribution is 2.00. The molecule has 0 aliphatic rings. The number of hydrogen-bond donors (Lipinski definition) is 2. The molecule has 0 fully saturated rings. The minimum absolute atomic E-state index is 0.0557. The Morgan fingerprint density at radius 2 is 2.00 bits per heavy atom. The predicted molar refractivity (Wildman–Crippen MR) is 50.6 cm³/mol. The van der Waals surface area contributed by atoms with E-state index in [0.29, 0.717) is 6.61 Å². The van der Waals surface area contributed by atoms with Gasteiger partial charge in [-0.1, -0.05) is 13.8 Å². The van der Waals surface area contributed by atoms with Gasteiger partial charge in [-0.2, -0.15) is 0 Å². The van der Waals surface area contributed by atoms with Crippen LogP contribution in [0.5, 0.6) is 0 Å². The van der Waals surface area contributed by atoms with Gasteiger partial charge in [0.1, 0.15) is 6.04 Å². The maximum atomic E-state index is 11.0. The predicted octanol–water partition coefficient (Wildman–Crippen LogP) is 0.378. The molecule has 0 saturated carbocycles. The molecule has 0 aromatic carbocycles. The Hall–Kier alpha value is -1.10. The largest absolute Gasteiger partial charge is 0.480 e. The van der Waals surface area contributed by atoms with Crippen LogP contribution in [0.4, 0.5) is 0 Å². The number of aliphatic carboxylic acids is 1. The molecule has 0 aliphatic heterocycles. The summed E-state index contributed by atoms with van der Waals surface area (Å²) in [5.74, 6) is -1.20. The van der Waals surface area contributed by atoms with E-state index in [2.05, 4.69) is 0 Å². The molecular weight excluding hydrogens is 186 g/mol. The van der Waals surface area contributed by atoms with Crippen molar-refractivity contribution in [3.05, 3.63) is 0 Å². The summed E-state index contributed by atoms with van der Waals surface area (Å²) in [4.78, 5) is 21.3. The number of carbonyl (C=O) groups excluding carboxylic acids is 1. The quantitative estimate of drug-likeness (QED) is 0.609. The number of hydrogen-bond acceptors (Lipinski definition) is 4. The van der Waals surface area contributed by atoms with Crippen LogP contribution < -0.4 is 5.73 Å². The SMILES string of the molecule is CC(C)COC(=O)CCC(N)C(=O)O. The third kappa shape index (κ3) is 6.42. The van der Waals surface area contributed by atoms with Crippen molar-refractivity contribution in [2.24, 2.45) is 11.7 Å². The first-order valence-electron chi connectivity index (χ1n) is 4.57. The molecule has 0 amide bonds. The Morgan fingerprint density at radius 3 is 2.43 bits per heavy atom. The van der Waals surface area contributed by atoms with Gasteiger partial charge in [0.2, 0.25) is 0 Å². The van der Waals surface area contributed by atoms with Crippen LogP contribution in [0.3, 0.4) is 0 Å². The van der Waals surface area contributed by atoms with E-state index >= 15 is 0 Å². The summed E-state index contributed by atoms with van der Waals surface area (Å²) in [7, 11) is 0. The first-order valence-corrected chi connectivity index (χ1v) is 4.57. The second kappa shape index (κ2) is 6.37. The highest BCUT2D eigenvalue weighted by Gasteiger charge is 2.14. The average molecular weight is 203 g/mol. The fourth-order valence-electron chi connectivity index (χ4n) is 0.729. The first kappa shape index (κ1) is 12.9. The summed E-state index contributed by atoms with van der Waals surface area (Å²) in [5.41, 5.74) is 5.21. The van der Waals surface area contributed by atoms with Gasteiger partial charge >= 0.3 is 11.9 Å². The maximum absolute atomic E-state index is 11.0. The molecule has 0 heterocycles. The van der Waals surface area contributed by atoms with Gasteiger partial charge in [0.25, 0.3) is 0 Å². The van der Waals surface area contributed by atoms with Crippen molar-refractivity contribution in [3.63, 3.8) is 0 Å². The molecule has 5 nitrogen and oxygen atoms in total. The van der Waals surface area contributed by atoms with E-state index in [0.717, 1.165) is 0 Å². The lowest BCUT2D eigenvalue weighted by atomic mass is 10.2. The highest BCUT2D eigenvalue weighted by atomic mass is 16.5. The third-order valence-corrected chi connectivity index (χ3v) is 1.55. The molecular formula is C9H17NO4. The Balaban J connectivity index is 3.59. The normalized spacial score (nSPS) is 12.6. The maximum Gasteiger partial charge on any atom is 0.320 e. The molecule has 3 N–H and O–H groups in total. The smallest absolute Gasteiger partial charge is 0.320 e. The number of ether oxygens (including phenoxy) is 1. The number of carboxylic acids is 1. The zero-order valence-electron chi connectivity index (χ0n) is 8.53. The Kier molecular flexibility index (Phi) is 5.87. The average Bonchev–Trinajstić information content (AvgIpc) is 2.10. The van der Waals surface area contributed by atoms with Gasteiger partial charge in [-0.25, -0.2) is 0 Å². The number of carboxylic acid groups (broad SMARTS) is 1. The Labute approximate surface area is 83.2 Å². The van der Waals surface area contributed by atoms with Crippen molar-refractivity contribution < 1.29 is 19.4 Å². The molecule has 1 atom stereocenters. The van der Waals surface area contributed by atoms with Crippen molar-refractivity contribution in [3.8, 4) is 0 Å². The minimum Gasteiger partial charge on any atom is -0.480 e. The second-order valence-corrected chi connectivity index (χ2v) is 3.56. The van der Waals surface area contributed by atoms with Crippen LogP contribution in [0.1, 0.15) is 26.7 Å². The van der Waals surface area contributed by atoms with Crippen LogP contribution in [-0.4, -0.2) is 29.7 Å². The van der Waals surface area contributed by atoms with E-state index in [1.54, 1.807) is 0 Å². The topological polar surface area (TPSA) is 89.6 Å². The van der Waals surface area contributed by atoms with Crippen molar-refractivity contribution >= 4 is 11.9 Å². The lowest BCUT2D eigenvalue weighted by Crippen LogP contribution is -2.30. The Morgan fingerprint density at radius 1 is 1.43 bits per heavy atom. The molecule has 0 aromatic rings.